The van der Waals surface area contributed by atoms with Crippen LogP contribution in [-0.2, 0) is 11.8 Å². The van der Waals surface area contributed by atoms with Crippen LogP contribution in [0.3, 0.4) is 0 Å². The first-order valence-electron chi connectivity index (χ1n) is 10.1. The summed E-state index contributed by atoms with van der Waals surface area (Å²) in [5.74, 6) is 2.73. The topological polar surface area (TPSA) is 12.5 Å². The van der Waals surface area contributed by atoms with E-state index in [0.29, 0.717) is 5.41 Å². The Morgan fingerprint density at radius 1 is 1.25 bits per heavy atom. The molecule has 3 aliphatic rings. The zero-order chi connectivity index (χ0) is 16.7. The van der Waals surface area contributed by atoms with Crippen molar-refractivity contribution in [2.45, 2.75) is 70.3 Å². The minimum absolute atomic E-state index is 0.444. The monoisotopic (exact) mass is 327 g/mol. The van der Waals surface area contributed by atoms with Gasteiger partial charge in [-0.25, -0.2) is 0 Å². The highest BCUT2D eigenvalue weighted by Gasteiger charge is 2.53. The highest BCUT2D eigenvalue weighted by molar-refractivity contribution is 5.45. The van der Waals surface area contributed by atoms with Crippen LogP contribution in [0.5, 0.6) is 5.75 Å². The van der Waals surface area contributed by atoms with E-state index in [2.05, 4.69) is 36.9 Å². The van der Waals surface area contributed by atoms with Crippen LogP contribution in [0.25, 0.3) is 0 Å². The SMILES string of the molecule is COc1ccc2c(c1)[C@]13CCCC[C@H]1[C@@H](C2)N(CCC(C)C)CC3. The molecule has 1 aliphatic heterocycles. The van der Waals surface area contributed by atoms with Crippen molar-refractivity contribution < 1.29 is 4.74 Å². The molecule has 0 aromatic heterocycles. The highest BCUT2D eigenvalue weighted by Crippen LogP contribution is 2.56. The summed E-state index contributed by atoms with van der Waals surface area (Å²) in [6.45, 7) is 7.31. The Bertz CT molecular complexity index is 596. The number of benzene rings is 1. The number of piperidine rings is 1. The standard InChI is InChI=1S/C22H33NO/c1-16(2)9-12-23-13-11-22-10-5-4-6-19(22)21(23)14-17-7-8-18(24-3)15-20(17)22/h7-8,15-16,19,21H,4-6,9-14H2,1-3H3/t19-,21+,22-/m0/s1. The van der Waals surface area contributed by atoms with Crippen LogP contribution in [0.2, 0.25) is 0 Å². The number of nitrogens with zero attached hydrogens (tertiary/aromatic N) is 1. The third-order valence-corrected chi connectivity index (χ3v) is 7.15. The van der Waals surface area contributed by atoms with E-state index in [0.717, 1.165) is 23.6 Å². The summed E-state index contributed by atoms with van der Waals surface area (Å²) < 4.78 is 5.57. The first kappa shape index (κ1) is 16.4. The number of ether oxygens (including phenoxy) is 1. The number of hydrogen-bond donors (Lipinski definition) is 0. The molecule has 2 fully saturated rings. The van der Waals surface area contributed by atoms with Gasteiger partial charge >= 0.3 is 0 Å². The molecule has 1 saturated heterocycles. The van der Waals surface area contributed by atoms with Gasteiger partial charge in [-0.05, 0) is 80.3 Å². The van der Waals surface area contributed by atoms with E-state index in [1.54, 1.807) is 18.2 Å². The van der Waals surface area contributed by atoms with Crippen LogP contribution < -0.4 is 4.74 Å². The molecule has 1 heterocycles. The second-order valence-corrected chi connectivity index (χ2v) is 8.77. The Kier molecular flexibility index (Phi) is 4.36. The molecule has 2 bridgehead atoms. The Morgan fingerprint density at radius 2 is 2.12 bits per heavy atom. The zero-order valence-corrected chi connectivity index (χ0v) is 15.7. The predicted molar refractivity (Wildman–Crippen MR) is 99.8 cm³/mol. The zero-order valence-electron chi connectivity index (χ0n) is 15.7. The third-order valence-electron chi connectivity index (χ3n) is 7.15. The molecule has 0 unspecified atom stereocenters. The molecule has 0 radical (unpaired) electrons. The van der Waals surface area contributed by atoms with Gasteiger partial charge in [-0.1, -0.05) is 32.8 Å². The van der Waals surface area contributed by atoms with E-state index in [9.17, 15) is 0 Å². The molecule has 0 amide bonds. The molecule has 0 N–H and O–H groups in total. The van der Waals surface area contributed by atoms with Gasteiger partial charge in [0.2, 0.25) is 0 Å². The van der Waals surface area contributed by atoms with Crippen molar-refractivity contribution in [2.75, 3.05) is 20.2 Å². The summed E-state index contributed by atoms with van der Waals surface area (Å²) in [6.07, 6.45) is 9.61. The predicted octanol–water partition coefficient (Wildman–Crippen LogP) is 4.80. The summed E-state index contributed by atoms with van der Waals surface area (Å²) in [5.41, 5.74) is 3.69. The molecule has 2 aliphatic carbocycles. The average Bonchev–Trinajstić information content (AvgIpc) is 2.60. The Morgan fingerprint density at radius 3 is 2.92 bits per heavy atom. The Balaban J connectivity index is 1.70. The molecule has 2 heteroatoms. The quantitative estimate of drug-likeness (QED) is 0.787. The van der Waals surface area contributed by atoms with Crippen LogP contribution in [-0.4, -0.2) is 31.1 Å². The second-order valence-electron chi connectivity index (χ2n) is 8.77. The van der Waals surface area contributed by atoms with Crippen LogP contribution in [0.4, 0.5) is 0 Å². The first-order valence-corrected chi connectivity index (χ1v) is 10.1. The summed E-state index contributed by atoms with van der Waals surface area (Å²) >= 11 is 0. The molecule has 2 nitrogen and oxygen atoms in total. The van der Waals surface area contributed by atoms with Crippen molar-refractivity contribution in [3.63, 3.8) is 0 Å². The summed E-state index contributed by atoms with van der Waals surface area (Å²) in [6, 6.07) is 7.69. The lowest BCUT2D eigenvalue weighted by Crippen LogP contribution is -2.61. The molecule has 1 saturated carbocycles. The van der Waals surface area contributed by atoms with Gasteiger partial charge in [0.15, 0.2) is 0 Å². The van der Waals surface area contributed by atoms with E-state index >= 15 is 0 Å². The lowest BCUT2D eigenvalue weighted by Gasteiger charge is -2.59. The fourth-order valence-electron chi connectivity index (χ4n) is 5.89. The third kappa shape index (κ3) is 2.58. The number of fused-ring (bicyclic) bond motifs is 1. The van der Waals surface area contributed by atoms with Crippen molar-refractivity contribution in [1.29, 1.82) is 0 Å². The van der Waals surface area contributed by atoms with Gasteiger partial charge in [-0.15, -0.1) is 0 Å². The van der Waals surface area contributed by atoms with Crippen LogP contribution >= 0.6 is 0 Å². The first-order chi connectivity index (χ1) is 11.6. The van der Waals surface area contributed by atoms with Gasteiger partial charge in [-0.2, -0.15) is 0 Å². The molecule has 0 spiro atoms. The van der Waals surface area contributed by atoms with E-state index in [-0.39, 0.29) is 0 Å². The Labute approximate surface area is 147 Å². The van der Waals surface area contributed by atoms with Gasteiger partial charge in [0.1, 0.15) is 5.75 Å². The largest absolute Gasteiger partial charge is 0.497 e. The van der Waals surface area contributed by atoms with Gasteiger partial charge in [0.25, 0.3) is 0 Å². The van der Waals surface area contributed by atoms with Gasteiger partial charge < -0.3 is 4.74 Å². The molecular formula is C22H33NO. The smallest absolute Gasteiger partial charge is 0.119 e. The maximum absolute atomic E-state index is 5.57. The summed E-state index contributed by atoms with van der Waals surface area (Å²) in [7, 11) is 1.80. The molecule has 1 aromatic rings. The van der Waals surface area contributed by atoms with Crippen LogP contribution in [0, 0.1) is 11.8 Å². The van der Waals surface area contributed by atoms with Gasteiger partial charge in [-0.3, -0.25) is 4.90 Å². The molecular weight excluding hydrogens is 294 g/mol. The van der Waals surface area contributed by atoms with Gasteiger partial charge in [0.05, 0.1) is 7.11 Å². The van der Waals surface area contributed by atoms with E-state index in [1.165, 1.54) is 58.0 Å². The molecule has 132 valence electrons. The van der Waals surface area contributed by atoms with Crippen molar-refractivity contribution >= 4 is 0 Å². The normalized spacial score (nSPS) is 32.3. The summed E-state index contributed by atoms with van der Waals surface area (Å²) in [4.78, 5) is 2.85. The fraction of sp³-hybridized carbons (Fsp3) is 0.727. The number of methoxy groups -OCH3 is 1. The minimum atomic E-state index is 0.444. The van der Waals surface area contributed by atoms with Crippen molar-refractivity contribution in [3.05, 3.63) is 29.3 Å². The minimum Gasteiger partial charge on any atom is -0.497 e. The molecule has 3 atom stereocenters. The maximum atomic E-state index is 5.57. The number of rotatable bonds is 4. The molecule has 1 aromatic carbocycles. The lowest BCUT2D eigenvalue weighted by atomic mass is 9.52. The van der Waals surface area contributed by atoms with E-state index in [1.807, 2.05) is 0 Å². The van der Waals surface area contributed by atoms with Crippen molar-refractivity contribution in [3.8, 4) is 5.75 Å². The maximum Gasteiger partial charge on any atom is 0.119 e. The fourth-order valence-corrected chi connectivity index (χ4v) is 5.89. The van der Waals surface area contributed by atoms with Crippen molar-refractivity contribution in [1.82, 2.24) is 4.90 Å². The molecule has 24 heavy (non-hydrogen) atoms. The number of hydrogen-bond acceptors (Lipinski definition) is 2. The Hall–Kier alpha value is -1.02. The molecule has 4 rings (SSSR count). The average molecular weight is 328 g/mol. The highest BCUT2D eigenvalue weighted by atomic mass is 16.5. The lowest BCUT2D eigenvalue weighted by molar-refractivity contribution is -0.0130. The van der Waals surface area contributed by atoms with E-state index < -0.39 is 0 Å². The second kappa shape index (κ2) is 6.37. The number of likely N-dealkylation sites (tertiary alicyclic amines) is 1. The summed E-state index contributed by atoms with van der Waals surface area (Å²) in [5, 5.41) is 0. The van der Waals surface area contributed by atoms with Gasteiger partial charge in [0, 0.05) is 11.5 Å². The van der Waals surface area contributed by atoms with E-state index in [4.69, 9.17) is 4.74 Å². The van der Waals surface area contributed by atoms with Crippen LogP contribution in [0.1, 0.15) is 63.5 Å². The van der Waals surface area contributed by atoms with Crippen LogP contribution in [0.15, 0.2) is 18.2 Å². The van der Waals surface area contributed by atoms with Crippen molar-refractivity contribution in [2.24, 2.45) is 11.8 Å².